The van der Waals surface area contributed by atoms with Gasteiger partial charge in [0, 0.05) is 26.2 Å². The van der Waals surface area contributed by atoms with E-state index in [0.717, 1.165) is 58.4 Å². The van der Waals surface area contributed by atoms with Gasteiger partial charge in [-0.2, -0.15) is 0 Å². The lowest BCUT2D eigenvalue weighted by molar-refractivity contribution is -0.759. The molecule has 0 saturated carbocycles. The Bertz CT molecular complexity index is 346. The normalized spacial score (nSPS) is 30.9. The van der Waals surface area contributed by atoms with Crippen molar-refractivity contribution in [2.75, 3.05) is 39.3 Å². The highest BCUT2D eigenvalue weighted by molar-refractivity contribution is 5.83. The number of amides is 2. The lowest BCUT2D eigenvalue weighted by Crippen LogP contribution is -2.97. The van der Waals surface area contributed by atoms with Crippen molar-refractivity contribution in [3.63, 3.8) is 0 Å². The number of hydrogen-bond donors (Lipinski definition) is 1. The van der Waals surface area contributed by atoms with Gasteiger partial charge in [-0.05, 0) is 25.7 Å². The second-order valence-electron chi connectivity index (χ2n) is 5.71. The van der Waals surface area contributed by atoms with Crippen LogP contribution in [0.2, 0.25) is 0 Å². The van der Waals surface area contributed by atoms with Gasteiger partial charge in [0.05, 0.1) is 0 Å². The number of rotatable bonds is 3. The van der Waals surface area contributed by atoms with Crippen LogP contribution in [0, 0.1) is 0 Å². The molecule has 1 N–H and O–H groups in total. The Morgan fingerprint density at radius 2 is 1.50 bits per heavy atom. The Morgan fingerprint density at radius 1 is 0.944 bits per heavy atom. The van der Waals surface area contributed by atoms with Gasteiger partial charge in [0.25, 0.3) is 11.8 Å². The summed E-state index contributed by atoms with van der Waals surface area (Å²) in [7, 11) is 0. The second kappa shape index (κ2) is 4.88. The molecule has 1 unspecified atom stereocenters. The molecule has 0 aromatic rings. The summed E-state index contributed by atoms with van der Waals surface area (Å²) in [6.07, 6.45) is 4.55. The molecule has 0 spiro atoms. The Labute approximate surface area is 108 Å². The molecule has 3 fully saturated rings. The first-order valence-electron chi connectivity index (χ1n) is 7.17. The Morgan fingerprint density at radius 3 is 2.11 bits per heavy atom. The molecule has 0 aromatic heterocycles. The van der Waals surface area contributed by atoms with E-state index in [1.807, 2.05) is 9.80 Å². The van der Waals surface area contributed by atoms with Crippen LogP contribution in [0.5, 0.6) is 0 Å². The average Bonchev–Trinajstić information content (AvgIpc) is 2.87. The minimum Gasteiger partial charge on any atom is -0.338 e. The second-order valence-corrected chi connectivity index (χ2v) is 5.71. The predicted octanol–water partition coefficient (Wildman–Crippen LogP) is -1.50. The zero-order chi connectivity index (χ0) is 12.5. The maximum Gasteiger partial charge on any atom is 0.286 e. The highest BCUT2D eigenvalue weighted by atomic mass is 16.2. The van der Waals surface area contributed by atoms with E-state index in [9.17, 15) is 9.59 Å². The van der Waals surface area contributed by atoms with E-state index in [-0.39, 0.29) is 17.9 Å². The number of carbonyl (C=O) groups excluding carboxylic acids is 2. The van der Waals surface area contributed by atoms with Crippen molar-refractivity contribution >= 4 is 11.8 Å². The maximum atomic E-state index is 12.1. The van der Waals surface area contributed by atoms with Crippen LogP contribution in [0.25, 0.3) is 0 Å². The number of nitrogens with one attached hydrogen (secondary N) is 1. The summed E-state index contributed by atoms with van der Waals surface area (Å²) in [5, 5.41) is 0. The summed E-state index contributed by atoms with van der Waals surface area (Å²) in [6, 6.07) is 0.0784. The molecule has 3 rings (SSSR count). The fraction of sp³-hybridized carbons (Fsp3) is 0.846. The highest BCUT2D eigenvalue weighted by Gasteiger charge is 2.50. The molecule has 3 heterocycles. The van der Waals surface area contributed by atoms with E-state index in [1.54, 1.807) is 0 Å². The van der Waals surface area contributed by atoms with E-state index in [4.69, 9.17) is 0 Å². The van der Waals surface area contributed by atoms with E-state index in [0.29, 0.717) is 6.54 Å². The first-order valence-corrected chi connectivity index (χ1v) is 7.17. The van der Waals surface area contributed by atoms with Gasteiger partial charge in [-0.1, -0.05) is 0 Å². The first-order chi connectivity index (χ1) is 8.75. The van der Waals surface area contributed by atoms with Crippen LogP contribution in [0.4, 0.5) is 0 Å². The SMILES string of the molecule is O=C(C[NH+]1C[C@H]1C(=O)N1CCCC1)N1CCCC1. The average molecular weight is 252 g/mol. The van der Waals surface area contributed by atoms with Gasteiger partial charge in [0.2, 0.25) is 6.04 Å². The van der Waals surface area contributed by atoms with E-state index in [2.05, 4.69) is 0 Å². The molecule has 0 radical (unpaired) electrons. The maximum absolute atomic E-state index is 12.1. The third-order valence-corrected chi connectivity index (χ3v) is 4.35. The molecular weight excluding hydrogens is 230 g/mol. The summed E-state index contributed by atoms with van der Waals surface area (Å²) in [5.41, 5.74) is 0. The summed E-state index contributed by atoms with van der Waals surface area (Å²) < 4.78 is 0. The Balaban J connectivity index is 1.45. The summed E-state index contributed by atoms with van der Waals surface area (Å²) >= 11 is 0. The molecule has 3 aliphatic heterocycles. The van der Waals surface area contributed by atoms with Crippen molar-refractivity contribution < 1.29 is 14.5 Å². The lowest BCUT2D eigenvalue weighted by Gasteiger charge is -2.15. The molecule has 18 heavy (non-hydrogen) atoms. The predicted molar refractivity (Wildman–Crippen MR) is 66.1 cm³/mol. The van der Waals surface area contributed by atoms with Crippen LogP contribution in [0.15, 0.2) is 0 Å². The first kappa shape index (κ1) is 12.0. The van der Waals surface area contributed by atoms with Crippen molar-refractivity contribution in [1.29, 1.82) is 0 Å². The molecule has 3 aliphatic rings. The van der Waals surface area contributed by atoms with Gasteiger partial charge < -0.3 is 14.7 Å². The third-order valence-electron chi connectivity index (χ3n) is 4.35. The van der Waals surface area contributed by atoms with Gasteiger partial charge in [-0.15, -0.1) is 0 Å². The van der Waals surface area contributed by atoms with Gasteiger partial charge in [-0.25, -0.2) is 0 Å². The lowest BCUT2D eigenvalue weighted by atomic mass is 10.4. The number of nitrogens with zero attached hydrogens (tertiary/aromatic N) is 2. The van der Waals surface area contributed by atoms with Crippen LogP contribution in [0.3, 0.4) is 0 Å². The molecule has 0 aromatic carbocycles. The number of likely N-dealkylation sites (tertiary alicyclic amines) is 2. The highest BCUT2D eigenvalue weighted by Crippen LogP contribution is 2.10. The minimum absolute atomic E-state index is 0.0784. The quantitative estimate of drug-likeness (QED) is 0.621. The monoisotopic (exact) mass is 252 g/mol. The molecule has 5 nitrogen and oxygen atoms in total. The fourth-order valence-electron chi connectivity index (χ4n) is 3.09. The summed E-state index contributed by atoms with van der Waals surface area (Å²) in [4.78, 5) is 29.2. The van der Waals surface area contributed by atoms with Gasteiger partial charge in [0.1, 0.15) is 6.54 Å². The van der Waals surface area contributed by atoms with Crippen LogP contribution < -0.4 is 4.90 Å². The molecule has 5 heteroatoms. The van der Waals surface area contributed by atoms with E-state index >= 15 is 0 Å². The van der Waals surface area contributed by atoms with Crippen molar-refractivity contribution in [2.45, 2.75) is 31.7 Å². The van der Waals surface area contributed by atoms with Crippen molar-refractivity contribution in [3.8, 4) is 0 Å². The molecule has 2 amide bonds. The molecule has 100 valence electrons. The molecule has 0 bridgehead atoms. The minimum atomic E-state index is 0.0784. The van der Waals surface area contributed by atoms with Crippen molar-refractivity contribution in [1.82, 2.24) is 9.80 Å². The van der Waals surface area contributed by atoms with Crippen LogP contribution in [0.1, 0.15) is 25.7 Å². The largest absolute Gasteiger partial charge is 0.338 e. The Hall–Kier alpha value is -1.10. The van der Waals surface area contributed by atoms with Gasteiger partial charge >= 0.3 is 0 Å². The molecule has 0 aliphatic carbocycles. The summed E-state index contributed by atoms with van der Waals surface area (Å²) in [6.45, 7) is 5.04. The zero-order valence-corrected chi connectivity index (χ0v) is 10.9. The third kappa shape index (κ3) is 2.36. The van der Waals surface area contributed by atoms with Gasteiger partial charge in [0.15, 0.2) is 6.54 Å². The molecular formula is C13H22N3O2+. The molecule has 2 atom stereocenters. The van der Waals surface area contributed by atoms with E-state index in [1.165, 1.54) is 4.90 Å². The van der Waals surface area contributed by atoms with Gasteiger partial charge in [-0.3, -0.25) is 9.59 Å². The molecule has 3 saturated heterocycles. The van der Waals surface area contributed by atoms with Crippen LogP contribution in [-0.4, -0.2) is 66.9 Å². The Kier molecular flexibility index (Phi) is 3.24. The zero-order valence-electron chi connectivity index (χ0n) is 10.9. The van der Waals surface area contributed by atoms with Crippen molar-refractivity contribution in [2.24, 2.45) is 0 Å². The van der Waals surface area contributed by atoms with Crippen LogP contribution in [-0.2, 0) is 9.59 Å². The fourth-order valence-corrected chi connectivity index (χ4v) is 3.09. The standard InChI is InChI=1S/C13H21N3O2/c17-12(14-5-1-2-6-14)10-16-9-11(16)13(18)15-7-3-4-8-15/h11H,1-10H2/p+1/t11-,16?/m0/s1. The van der Waals surface area contributed by atoms with Crippen LogP contribution >= 0.6 is 0 Å². The number of carbonyl (C=O) groups is 2. The van der Waals surface area contributed by atoms with Crippen molar-refractivity contribution in [3.05, 3.63) is 0 Å². The topological polar surface area (TPSA) is 45.1 Å². The summed E-state index contributed by atoms with van der Waals surface area (Å²) in [5.74, 6) is 0.510. The van der Waals surface area contributed by atoms with E-state index < -0.39 is 0 Å². The number of hydrogen-bond acceptors (Lipinski definition) is 2. The smallest absolute Gasteiger partial charge is 0.286 e. The number of quaternary nitrogens is 1.